The molecule has 6 N–H and O–H groups in total. The third kappa shape index (κ3) is 8.86. The molecule has 2 heterocycles. The number of hydrogen-bond donors (Lipinski definition) is 4. The molecule has 2 aromatic heterocycles. The topological polar surface area (TPSA) is 268 Å². The van der Waals surface area contributed by atoms with Crippen molar-refractivity contribution < 1.29 is 85.1 Å². The molecule has 0 aliphatic heterocycles. The summed E-state index contributed by atoms with van der Waals surface area (Å²) in [4.78, 5) is 21.3. The van der Waals surface area contributed by atoms with E-state index in [2.05, 4.69) is 40.5 Å². The van der Waals surface area contributed by atoms with Crippen LogP contribution in [0.1, 0.15) is 11.1 Å². The SMILES string of the molecule is Nc1ncnc(Nc2ccc(/C=C/c3ccc(Nc4ncnc(N)n4)cc3S(=O)(=O)[O-])c(S(=O)(=O)[O-])c2)n1.[Na+].[Na+]. The second kappa shape index (κ2) is 13.7. The molecule has 2 aromatic carbocycles. The zero-order valence-electron chi connectivity index (χ0n) is 20.9. The number of nitrogens with two attached hydrogens (primary N) is 2. The minimum atomic E-state index is -4.98. The van der Waals surface area contributed by atoms with E-state index < -0.39 is 30.0 Å². The van der Waals surface area contributed by atoms with E-state index in [0.717, 1.165) is 24.8 Å². The number of aromatic nitrogens is 6. The third-order valence-electron chi connectivity index (χ3n) is 4.70. The monoisotopic (exact) mass is 602 g/mol. The molecule has 0 fully saturated rings. The number of benzene rings is 2. The van der Waals surface area contributed by atoms with Crippen molar-refractivity contribution in [1.29, 1.82) is 0 Å². The molecule has 16 nitrogen and oxygen atoms in total. The average Bonchev–Trinajstić information content (AvgIpc) is 2.82. The van der Waals surface area contributed by atoms with E-state index in [1.165, 1.54) is 36.4 Å². The third-order valence-corrected chi connectivity index (χ3v) is 6.49. The summed E-state index contributed by atoms with van der Waals surface area (Å²) in [6, 6.07) is 7.52. The van der Waals surface area contributed by atoms with Crippen molar-refractivity contribution in [2.75, 3.05) is 22.1 Å². The molecule has 0 saturated carbocycles. The Hall–Kier alpha value is -2.78. The molecule has 20 heteroatoms. The van der Waals surface area contributed by atoms with Crippen LogP contribution in [-0.2, 0) is 20.2 Å². The molecule has 4 rings (SSSR count). The largest absolute Gasteiger partial charge is 1.00 e. The van der Waals surface area contributed by atoms with Crippen LogP contribution in [0.2, 0.25) is 0 Å². The van der Waals surface area contributed by atoms with E-state index in [1.54, 1.807) is 0 Å². The quantitative estimate of drug-likeness (QED) is 0.0833. The van der Waals surface area contributed by atoms with E-state index in [1.807, 2.05) is 0 Å². The summed E-state index contributed by atoms with van der Waals surface area (Å²) in [6.45, 7) is 0. The van der Waals surface area contributed by atoms with Crippen molar-refractivity contribution in [2.24, 2.45) is 0 Å². The molecule has 0 unspecified atom stereocenters. The van der Waals surface area contributed by atoms with Crippen LogP contribution in [0.15, 0.2) is 58.8 Å². The first kappa shape index (κ1) is 33.4. The van der Waals surface area contributed by atoms with E-state index in [0.29, 0.717) is 0 Å². The van der Waals surface area contributed by atoms with Crippen molar-refractivity contribution >= 4 is 67.6 Å². The second-order valence-corrected chi connectivity index (χ2v) is 10.0. The smallest absolute Gasteiger partial charge is 0.744 e. The van der Waals surface area contributed by atoms with E-state index in [9.17, 15) is 25.9 Å². The minimum absolute atomic E-state index is 0. The van der Waals surface area contributed by atoms with Gasteiger partial charge in [0, 0.05) is 11.4 Å². The van der Waals surface area contributed by atoms with Crippen molar-refractivity contribution in [3.8, 4) is 0 Å². The Morgan fingerprint density at radius 2 is 1.02 bits per heavy atom. The molecular weight excluding hydrogens is 586 g/mol. The van der Waals surface area contributed by atoms with Gasteiger partial charge in [0.2, 0.25) is 23.8 Å². The fourth-order valence-electron chi connectivity index (χ4n) is 3.11. The molecule has 0 radical (unpaired) electrons. The first-order valence-electron chi connectivity index (χ1n) is 10.2. The second-order valence-electron chi connectivity index (χ2n) is 7.33. The van der Waals surface area contributed by atoms with Crippen molar-refractivity contribution in [1.82, 2.24) is 29.9 Å². The van der Waals surface area contributed by atoms with Gasteiger partial charge in [0.25, 0.3) is 0 Å². The molecule has 0 aliphatic rings. The molecule has 0 saturated heterocycles. The Balaban J connectivity index is 0.00000280. The molecule has 196 valence electrons. The van der Waals surface area contributed by atoms with Gasteiger partial charge in [-0.3, -0.25) is 0 Å². The Kier molecular flexibility index (Phi) is 11.5. The summed E-state index contributed by atoms with van der Waals surface area (Å²) in [5.74, 6) is -0.147. The molecule has 0 bridgehead atoms. The number of nitrogen functional groups attached to an aromatic ring is 2. The maximum Gasteiger partial charge on any atom is 1.00 e. The van der Waals surface area contributed by atoms with Gasteiger partial charge in [0.05, 0.1) is 9.79 Å². The van der Waals surface area contributed by atoms with Gasteiger partial charge in [0.1, 0.15) is 32.9 Å². The average molecular weight is 603 g/mol. The van der Waals surface area contributed by atoms with Gasteiger partial charge in [-0.05, 0) is 35.4 Å². The number of hydrogen-bond acceptors (Lipinski definition) is 16. The molecular formula is C20H16N10Na2O6S2. The summed E-state index contributed by atoms with van der Waals surface area (Å²) >= 11 is 0. The van der Waals surface area contributed by atoms with Gasteiger partial charge < -0.3 is 31.2 Å². The first-order valence-corrected chi connectivity index (χ1v) is 13.0. The number of rotatable bonds is 8. The number of nitrogens with one attached hydrogen (secondary N) is 2. The molecule has 0 atom stereocenters. The Bertz CT molecular complexity index is 1650. The van der Waals surface area contributed by atoms with Crippen LogP contribution in [0.5, 0.6) is 0 Å². The van der Waals surface area contributed by atoms with Crippen LogP contribution in [0.25, 0.3) is 12.2 Å². The summed E-state index contributed by atoms with van der Waals surface area (Å²) in [5.41, 5.74) is 11.1. The van der Waals surface area contributed by atoms with Crippen molar-refractivity contribution in [3.05, 3.63) is 60.2 Å². The number of anilines is 6. The molecule has 40 heavy (non-hydrogen) atoms. The Labute approximate surface area is 272 Å². The Morgan fingerprint density at radius 1 is 0.650 bits per heavy atom. The fraction of sp³-hybridized carbons (Fsp3) is 0. The minimum Gasteiger partial charge on any atom is -0.744 e. The zero-order valence-corrected chi connectivity index (χ0v) is 26.5. The van der Waals surface area contributed by atoms with Gasteiger partial charge >= 0.3 is 59.1 Å². The number of nitrogens with zero attached hydrogens (tertiary/aromatic N) is 6. The van der Waals surface area contributed by atoms with Crippen LogP contribution >= 0.6 is 0 Å². The first-order chi connectivity index (χ1) is 17.9. The molecule has 0 spiro atoms. The van der Waals surface area contributed by atoms with Crippen molar-refractivity contribution in [2.45, 2.75) is 9.79 Å². The predicted molar refractivity (Wildman–Crippen MR) is 133 cm³/mol. The molecule has 4 aromatic rings. The van der Waals surface area contributed by atoms with Gasteiger partial charge in [-0.2, -0.15) is 9.97 Å². The maximum absolute atomic E-state index is 11.9. The van der Waals surface area contributed by atoms with Crippen LogP contribution < -0.4 is 81.2 Å². The zero-order chi connectivity index (χ0) is 27.5. The summed E-state index contributed by atoms with van der Waals surface area (Å²) < 4.78 is 71.6. The van der Waals surface area contributed by atoms with Crippen LogP contribution in [0.4, 0.5) is 35.2 Å². The summed E-state index contributed by atoms with van der Waals surface area (Å²) in [7, 11) is -9.96. The van der Waals surface area contributed by atoms with Gasteiger partial charge in [-0.15, -0.1) is 0 Å². The fourth-order valence-corrected chi connectivity index (χ4v) is 4.50. The van der Waals surface area contributed by atoms with Crippen LogP contribution in [0.3, 0.4) is 0 Å². The van der Waals surface area contributed by atoms with Gasteiger partial charge in [-0.25, -0.2) is 36.8 Å². The predicted octanol–water partition coefficient (Wildman–Crippen LogP) is -5.31. The van der Waals surface area contributed by atoms with E-state index in [4.69, 9.17) is 11.5 Å². The normalized spacial score (nSPS) is 11.3. The van der Waals surface area contributed by atoms with Gasteiger partial charge in [-0.1, -0.05) is 24.3 Å². The van der Waals surface area contributed by atoms with Crippen LogP contribution in [0, 0.1) is 0 Å². The maximum atomic E-state index is 11.9. The van der Waals surface area contributed by atoms with Crippen molar-refractivity contribution in [3.63, 3.8) is 0 Å². The van der Waals surface area contributed by atoms with E-state index in [-0.39, 0.29) is 105 Å². The standard InChI is InChI=1S/C20H18N10O6S2.2Na/c21-17-23-9-25-19(29-17)27-13-5-3-11(15(7-13)37(31,32)33)1-2-12-4-6-14(8-16(12)38(34,35)36)28-20-26-10-24-18(22)30-20;;/h1-10H,(H,31,32,33)(H,34,35,36)(H3,21,23,25,27,29)(H3,22,24,26,28,30);;/q;2*+1/p-2/b2-1+;;. The summed E-state index contributed by atoms with van der Waals surface area (Å²) in [6.07, 6.45) is 4.63. The van der Waals surface area contributed by atoms with Gasteiger partial charge in [0.15, 0.2) is 0 Å². The Morgan fingerprint density at radius 3 is 1.35 bits per heavy atom. The summed E-state index contributed by atoms with van der Waals surface area (Å²) in [5, 5.41) is 5.40. The van der Waals surface area contributed by atoms with Crippen LogP contribution in [-0.4, -0.2) is 55.8 Å². The molecule has 0 amide bonds. The molecule has 0 aliphatic carbocycles. The van der Waals surface area contributed by atoms with E-state index >= 15 is 0 Å².